The molecule has 2 aromatic carbocycles. The van der Waals surface area contributed by atoms with Crippen LogP contribution in [0.2, 0.25) is 0 Å². The lowest BCUT2D eigenvalue weighted by Crippen LogP contribution is -2.31. The molecule has 8 heteroatoms. The van der Waals surface area contributed by atoms with Crippen molar-refractivity contribution in [3.8, 4) is 5.75 Å². The first kappa shape index (κ1) is 21.1. The third kappa shape index (κ3) is 6.18. The zero-order valence-electron chi connectivity index (χ0n) is 15.6. The lowest BCUT2D eigenvalue weighted by atomic mass is 10.2. The minimum Gasteiger partial charge on any atom is -0.497 e. The molecule has 0 unspecified atom stereocenters. The first-order chi connectivity index (χ1) is 12.8. The van der Waals surface area contributed by atoms with Gasteiger partial charge in [-0.2, -0.15) is 0 Å². The molecule has 0 saturated heterocycles. The predicted octanol–water partition coefficient (Wildman–Crippen LogP) is 3.60. The largest absolute Gasteiger partial charge is 0.497 e. The fraction of sp³-hybridized carbons (Fsp3) is 0.316. The van der Waals surface area contributed by atoms with Crippen molar-refractivity contribution in [2.45, 2.75) is 17.7 Å². The Bertz CT molecular complexity index is 885. The zero-order valence-corrected chi connectivity index (χ0v) is 17.3. The Labute approximate surface area is 165 Å². The van der Waals surface area contributed by atoms with Crippen molar-refractivity contribution in [1.29, 1.82) is 0 Å². The number of methoxy groups -OCH3 is 1. The average Bonchev–Trinajstić information content (AvgIpc) is 2.64. The second kappa shape index (κ2) is 9.66. The van der Waals surface area contributed by atoms with Crippen LogP contribution in [-0.4, -0.2) is 40.5 Å². The average molecular weight is 409 g/mol. The molecule has 6 nitrogen and oxygen atoms in total. The van der Waals surface area contributed by atoms with Crippen LogP contribution in [0.25, 0.3) is 0 Å². The number of nitrogens with zero attached hydrogens (tertiary/aromatic N) is 1. The zero-order chi connectivity index (χ0) is 19.9. The van der Waals surface area contributed by atoms with Gasteiger partial charge in [0.15, 0.2) is 0 Å². The number of amides is 1. The molecule has 0 heterocycles. The molecule has 0 fully saturated rings. The van der Waals surface area contributed by atoms with Crippen LogP contribution in [0, 0.1) is 0 Å². The van der Waals surface area contributed by atoms with Crippen LogP contribution in [0.15, 0.2) is 53.4 Å². The molecule has 0 aliphatic heterocycles. The molecule has 2 rings (SSSR count). The van der Waals surface area contributed by atoms with Crippen LogP contribution in [0.5, 0.6) is 5.75 Å². The number of ether oxygens (including phenoxy) is 1. The minimum atomic E-state index is -3.47. The number of sulfonamides is 1. The molecular formula is C19H24N2O4S2. The fourth-order valence-corrected chi connectivity index (χ4v) is 4.11. The Morgan fingerprint density at radius 3 is 2.59 bits per heavy atom. The maximum atomic E-state index is 12.2. The van der Waals surface area contributed by atoms with Crippen molar-refractivity contribution in [3.63, 3.8) is 0 Å². The SMILES string of the molecule is COc1cccc(N(CCCC(=O)Nc2ccccc2SC)S(C)(=O)=O)c1. The van der Waals surface area contributed by atoms with E-state index in [4.69, 9.17) is 4.74 Å². The number of anilines is 2. The van der Waals surface area contributed by atoms with Gasteiger partial charge < -0.3 is 10.1 Å². The second-order valence-corrected chi connectivity index (χ2v) is 8.64. The molecule has 0 saturated carbocycles. The van der Waals surface area contributed by atoms with Crippen LogP contribution in [0.4, 0.5) is 11.4 Å². The summed E-state index contributed by atoms with van der Waals surface area (Å²) >= 11 is 1.56. The van der Waals surface area contributed by atoms with Gasteiger partial charge in [-0.05, 0) is 36.9 Å². The van der Waals surface area contributed by atoms with Crippen LogP contribution in [0.3, 0.4) is 0 Å². The Morgan fingerprint density at radius 1 is 1.19 bits per heavy atom. The van der Waals surface area contributed by atoms with E-state index in [1.165, 1.54) is 11.4 Å². The number of nitrogens with one attached hydrogen (secondary N) is 1. The number of rotatable bonds is 9. The maximum absolute atomic E-state index is 12.2. The van der Waals surface area contributed by atoms with E-state index in [-0.39, 0.29) is 18.9 Å². The van der Waals surface area contributed by atoms with Crippen molar-refractivity contribution in [2.24, 2.45) is 0 Å². The van der Waals surface area contributed by atoms with Gasteiger partial charge in [-0.25, -0.2) is 8.42 Å². The monoisotopic (exact) mass is 408 g/mol. The first-order valence-corrected chi connectivity index (χ1v) is 11.5. The molecule has 0 aliphatic carbocycles. The summed E-state index contributed by atoms with van der Waals surface area (Å²) in [7, 11) is -1.94. The molecule has 0 aliphatic rings. The summed E-state index contributed by atoms with van der Waals surface area (Å²) in [4.78, 5) is 13.2. The predicted molar refractivity (Wildman–Crippen MR) is 111 cm³/mol. The smallest absolute Gasteiger partial charge is 0.232 e. The van der Waals surface area contributed by atoms with E-state index in [1.54, 1.807) is 36.0 Å². The highest BCUT2D eigenvalue weighted by Gasteiger charge is 2.18. The highest BCUT2D eigenvalue weighted by Crippen LogP contribution is 2.25. The molecule has 0 spiro atoms. The molecule has 1 N–H and O–H groups in total. The van der Waals surface area contributed by atoms with Gasteiger partial charge >= 0.3 is 0 Å². The van der Waals surface area contributed by atoms with E-state index in [1.807, 2.05) is 30.5 Å². The van der Waals surface area contributed by atoms with Gasteiger partial charge in [0.25, 0.3) is 0 Å². The number of hydrogen-bond donors (Lipinski definition) is 1. The van der Waals surface area contributed by atoms with Crippen molar-refractivity contribution in [3.05, 3.63) is 48.5 Å². The third-order valence-electron chi connectivity index (χ3n) is 3.89. The van der Waals surface area contributed by atoms with Gasteiger partial charge in [0.1, 0.15) is 5.75 Å². The highest BCUT2D eigenvalue weighted by molar-refractivity contribution is 7.98. The van der Waals surface area contributed by atoms with E-state index in [0.29, 0.717) is 17.9 Å². The number of benzene rings is 2. The molecular weight excluding hydrogens is 384 g/mol. The van der Waals surface area contributed by atoms with E-state index in [2.05, 4.69) is 5.32 Å². The summed E-state index contributed by atoms with van der Waals surface area (Å²) < 4.78 is 30.8. The summed E-state index contributed by atoms with van der Waals surface area (Å²) in [5.74, 6) is 0.433. The molecule has 1 amide bonds. The summed E-state index contributed by atoms with van der Waals surface area (Å²) in [6, 6.07) is 14.4. The van der Waals surface area contributed by atoms with E-state index >= 15 is 0 Å². The molecule has 146 valence electrons. The van der Waals surface area contributed by atoms with E-state index in [0.717, 1.165) is 16.8 Å². The lowest BCUT2D eigenvalue weighted by molar-refractivity contribution is -0.116. The van der Waals surface area contributed by atoms with E-state index < -0.39 is 10.0 Å². The number of para-hydroxylation sites is 1. The molecule has 2 aromatic rings. The molecule has 0 radical (unpaired) electrons. The Balaban J connectivity index is 2.00. The standard InChI is InChI=1S/C19H24N2O4S2/c1-25-16-9-6-8-15(14-16)21(27(3,23)24)13-7-12-19(22)20-17-10-4-5-11-18(17)26-2/h4-6,8-11,14H,7,12-13H2,1-3H3,(H,20,22). The van der Waals surface area contributed by atoms with Gasteiger partial charge in [0, 0.05) is 23.9 Å². The number of carbonyl (C=O) groups is 1. The minimum absolute atomic E-state index is 0.143. The molecule has 0 aromatic heterocycles. The van der Waals surface area contributed by atoms with Crippen LogP contribution in [0.1, 0.15) is 12.8 Å². The second-order valence-electron chi connectivity index (χ2n) is 5.89. The van der Waals surface area contributed by atoms with Crippen molar-refractivity contribution in [1.82, 2.24) is 0 Å². The molecule has 27 heavy (non-hydrogen) atoms. The van der Waals surface area contributed by atoms with Crippen LogP contribution < -0.4 is 14.4 Å². The Hall–Kier alpha value is -2.19. The van der Waals surface area contributed by atoms with Crippen molar-refractivity contribution >= 4 is 39.1 Å². The highest BCUT2D eigenvalue weighted by atomic mass is 32.2. The van der Waals surface area contributed by atoms with Crippen molar-refractivity contribution < 1.29 is 17.9 Å². The topological polar surface area (TPSA) is 75.7 Å². The van der Waals surface area contributed by atoms with Crippen LogP contribution in [-0.2, 0) is 14.8 Å². The summed E-state index contributed by atoms with van der Waals surface area (Å²) in [5.41, 5.74) is 1.28. The molecule has 0 atom stereocenters. The van der Waals surface area contributed by atoms with Crippen LogP contribution >= 0.6 is 11.8 Å². The third-order valence-corrected chi connectivity index (χ3v) is 5.88. The van der Waals surface area contributed by atoms with Crippen molar-refractivity contribution in [2.75, 3.05) is 35.8 Å². The van der Waals surface area contributed by atoms with E-state index in [9.17, 15) is 13.2 Å². The lowest BCUT2D eigenvalue weighted by Gasteiger charge is -2.22. The first-order valence-electron chi connectivity index (χ1n) is 8.40. The normalized spacial score (nSPS) is 11.1. The quantitative estimate of drug-likeness (QED) is 0.642. The molecule has 0 bridgehead atoms. The number of hydrogen-bond acceptors (Lipinski definition) is 5. The van der Waals surface area contributed by atoms with Gasteiger partial charge in [-0.3, -0.25) is 9.10 Å². The fourth-order valence-electron chi connectivity index (χ4n) is 2.60. The van der Waals surface area contributed by atoms with Gasteiger partial charge in [0.05, 0.1) is 24.7 Å². The van der Waals surface area contributed by atoms with Gasteiger partial charge in [0.2, 0.25) is 15.9 Å². The van der Waals surface area contributed by atoms with Gasteiger partial charge in [-0.1, -0.05) is 18.2 Å². The number of thioether (sulfide) groups is 1. The number of carbonyl (C=O) groups excluding carboxylic acids is 1. The summed E-state index contributed by atoms with van der Waals surface area (Å²) in [6.45, 7) is 0.212. The van der Waals surface area contributed by atoms with Gasteiger partial charge in [-0.15, -0.1) is 11.8 Å². The maximum Gasteiger partial charge on any atom is 0.232 e. The summed E-state index contributed by atoms with van der Waals surface area (Å²) in [5, 5.41) is 2.88. The summed E-state index contributed by atoms with van der Waals surface area (Å²) in [6.07, 6.45) is 3.72. The Morgan fingerprint density at radius 2 is 1.93 bits per heavy atom. The Kier molecular flexibility index (Phi) is 7.55.